The lowest BCUT2D eigenvalue weighted by Crippen LogP contribution is -2.43. The Kier molecular flexibility index (Phi) is 8.93. The Morgan fingerprint density at radius 1 is 1.06 bits per heavy atom. The van der Waals surface area contributed by atoms with Crippen LogP contribution in [0.1, 0.15) is 50.7 Å². The summed E-state index contributed by atoms with van der Waals surface area (Å²) in [6.45, 7) is 8.98. The number of alkyl carbamates (subject to hydrolysis) is 1. The molecule has 0 radical (unpaired) electrons. The van der Waals surface area contributed by atoms with Crippen LogP contribution in [0.4, 0.5) is 4.79 Å². The first-order valence-corrected chi connectivity index (χ1v) is 12.6. The summed E-state index contributed by atoms with van der Waals surface area (Å²) in [5, 5.41) is 2.56. The van der Waals surface area contributed by atoms with Crippen molar-refractivity contribution in [2.75, 3.05) is 6.61 Å². The second-order valence-corrected chi connectivity index (χ2v) is 10.4. The van der Waals surface area contributed by atoms with Crippen molar-refractivity contribution in [2.24, 2.45) is 0 Å². The molecule has 2 atom stereocenters. The number of hydrogen-bond donors (Lipinski definition) is 1. The lowest BCUT2D eigenvalue weighted by Gasteiger charge is -2.22. The van der Waals surface area contributed by atoms with Crippen LogP contribution in [0.3, 0.4) is 0 Å². The van der Waals surface area contributed by atoms with E-state index in [0.29, 0.717) is 0 Å². The molecule has 2 aromatic rings. The van der Waals surface area contributed by atoms with Crippen LogP contribution in [-0.2, 0) is 23.8 Å². The molecule has 186 valence electrons. The van der Waals surface area contributed by atoms with Gasteiger partial charge in [0.1, 0.15) is 18.2 Å². The third-order valence-corrected chi connectivity index (χ3v) is 6.15. The van der Waals surface area contributed by atoms with Crippen LogP contribution in [0, 0.1) is 0 Å². The molecule has 0 saturated carbocycles. The number of hydrogen-bond acceptors (Lipinski definition) is 6. The number of halogens is 1. The van der Waals surface area contributed by atoms with E-state index < -0.39 is 33.8 Å². The van der Waals surface area contributed by atoms with Gasteiger partial charge in [0.25, 0.3) is 0 Å². The summed E-state index contributed by atoms with van der Waals surface area (Å²) in [6, 6.07) is 15.0. The van der Waals surface area contributed by atoms with E-state index >= 15 is 0 Å². The number of rotatable bonds is 9. The summed E-state index contributed by atoms with van der Waals surface area (Å²) >= 11 is 1.89. The van der Waals surface area contributed by atoms with Crippen molar-refractivity contribution in [2.45, 2.75) is 55.3 Å². The highest BCUT2D eigenvalue weighted by molar-refractivity contribution is 14.1. The molecule has 35 heavy (non-hydrogen) atoms. The van der Waals surface area contributed by atoms with Crippen molar-refractivity contribution in [3.8, 4) is 11.1 Å². The molecule has 0 spiro atoms. The molecule has 1 aliphatic rings. The summed E-state index contributed by atoms with van der Waals surface area (Å²) in [7, 11) is 0. The van der Waals surface area contributed by atoms with E-state index in [2.05, 4.69) is 24.0 Å². The van der Waals surface area contributed by atoms with Crippen molar-refractivity contribution >= 4 is 40.6 Å². The fourth-order valence-corrected chi connectivity index (χ4v) is 4.18. The van der Waals surface area contributed by atoms with Gasteiger partial charge in [0.05, 0.1) is 0 Å². The zero-order valence-electron chi connectivity index (χ0n) is 20.1. The first kappa shape index (κ1) is 26.7. The fourth-order valence-electron chi connectivity index (χ4n) is 3.93. The third-order valence-electron chi connectivity index (χ3n) is 5.39. The molecule has 2 unspecified atom stereocenters. The third kappa shape index (κ3) is 7.30. The van der Waals surface area contributed by atoms with Crippen molar-refractivity contribution in [3.05, 3.63) is 72.3 Å². The molecule has 1 N–H and O–H groups in total. The number of esters is 2. The Hall–Kier alpha value is -2.88. The van der Waals surface area contributed by atoms with Gasteiger partial charge in [0, 0.05) is 12.3 Å². The number of carbonyl (C=O) groups excluding carboxylic acids is 3. The molecule has 0 aliphatic heterocycles. The molecule has 0 heterocycles. The first-order valence-electron chi connectivity index (χ1n) is 11.4. The maximum Gasteiger partial charge on any atom is 0.407 e. The SMILES string of the molecule is C=CC(I)OC(=O)C(CCC(=O)OC(C)(C)C)NC(=O)OCC1c2ccccc2-c2ccccc21. The summed E-state index contributed by atoms with van der Waals surface area (Å²) in [4.78, 5) is 37.5. The normalized spacial score (nSPS) is 14.2. The van der Waals surface area contributed by atoms with Gasteiger partial charge in [-0.3, -0.25) is 4.79 Å². The van der Waals surface area contributed by atoms with Gasteiger partial charge in [-0.25, -0.2) is 9.59 Å². The fraction of sp³-hybridized carbons (Fsp3) is 0.370. The smallest absolute Gasteiger partial charge is 0.407 e. The predicted octanol–water partition coefficient (Wildman–Crippen LogP) is 5.51. The Labute approximate surface area is 219 Å². The van der Waals surface area contributed by atoms with E-state index in [-0.39, 0.29) is 25.4 Å². The molecule has 3 rings (SSSR count). The van der Waals surface area contributed by atoms with Gasteiger partial charge in [-0.05, 0) is 78.1 Å². The summed E-state index contributed by atoms with van der Waals surface area (Å²) in [6.07, 6.45) is 0.636. The van der Waals surface area contributed by atoms with E-state index in [0.717, 1.165) is 22.3 Å². The number of alkyl halides is 1. The van der Waals surface area contributed by atoms with Gasteiger partial charge >= 0.3 is 18.0 Å². The maximum absolute atomic E-state index is 12.7. The highest BCUT2D eigenvalue weighted by Crippen LogP contribution is 2.44. The first-order chi connectivity index (χ1) is 16.6. The van der Waals surface area contributed by atoms with Crippen LogP contribution in [0.2, 0.25) is 0 Å². The number of nitrogens with one attached hydrogen (secondary N) is 1. The zero-order valence-corrected chi connectivity index (χ0v) is 22.2. The minimum atomic E-state index is -1.07. The number of amides is 1. The van der Waals surface area contributed by atoms with Gasteiger partial charge < -0.3 is 19.5 Å². The minimum absolute atomic E-state index is 0.0123. The molecule has 2 aromatic carbocycles. The molecular weight excluding hydrogens is 561 g/mol. The topological polar surface area (TPSA) is 90.9 Å². The number of benzene rings is 2. The molecule has 0 saturated heterocycles. The minimum Gasteiger partial charge on any atom is -0.460 e. The molecule has 0 fully saturated rings. The van der Waals surface area contributed by atoms with Crippen LogP contribution in [0.25, 0.3) is 11.1 Å². The van der Waals surface area contributed by atoms with Crippen LogP contribution in [0.5, 0.6) is 0 Å². The van der Waals surface area contributed by atoms with E-state index in [9.17, 15) is 14.4 Å². The number of fused-ring (bicyclic) bond motifs is 3. The van der Waals surface area contributed by atoms with E-state index in [1.807, 2.05) is 59.0 Å². The van der Waals surface area contributed by atoms with Gasteiger partial charge in [-0.2, -0.15) is 0 Å². The van der Waals surface area contributed by atoms with Crippen molar-refractivity contribution in [3.63, 3.8) is 0 Å². The largest absolute Gasteiger partial charge is 0.460 e. The van der Waals surface area contributed by atoms with E-state index in [4.69, 9.17) is 14.2 Å². The van der Waals surface area contributed by atoms with Crippen molar-refractivity contribution in [1.82, 2.24) is 5.32 Å². The number of carbonyl (C=O) groups is 3. The lowest BCUT2D eigenvalue weighted by molar-refractivity contribution is -0.155. The molecule has 8 heteroatoms. The Morgan fingerprint density at radius 2 is 1.63 bits per heavy atom. The lowest BCUT2D eigenvalue weighted by atomic mass is 9.98. The van der Waals surface area contributed by atoms with E-state index in [1.165, 1.54) is 6.08 Å². The van der Waals surface area contributed by atoms with Gasteiger partial charge in [0.2, 0.25) is 0 Å². The maximum atomic E-state index is 12.7. The quantitative estimate of drug-likeness (QED) is 0.136. The number of ether oxygens (including phenoxy) is 3. The Balaban J connectivity index is 1.65. The van der Waals surface area contributed by atoms with Crippen LogP contribution in [-0.4, -0.2) is 40.4 Å². The van der Waals surface area contributed by atoms with Gasteiger partial charge in [-0.1, -0.05) is 55.1 Å². The van der Waals surface area contributed by atoms with Crippen molar-refractivity contribution < 1.29 is 28.6 Å². The molecule has 1 amide bonds. The van der Waals surface area contributed by atoms with Gasteiger partial charge in [-0.15, -0.1) is 0 Å². The Bertz CT molecular complexity index is 1050. The molecule has 0 aromatic heterocycles. The molecule has 7 nitrogen and oxygen atoms in total. The molecular formula is C27H30INO6. The average Bonchev–Trinajstić information content (AvgIpc) is 3.12. The standard InChI is InChI=1S/C27H30INO6/c1-5-23(28)34-25(31)22(14-15-24(30)35-27(2,3)4)29-26(32)33-16-21-19-12-8-6-10-17(19)18-11-7-9-13-20(18)21/h5-13,21-23H,1,14-16H2,2-4H3,(H,29,32). The second-order valence-electron chi connectivity index (χ2n) is 9.17. The van der Waals surface area contributed by atoms with Crippen LogP contribution < -0.4 is 5.32 Å². The average molecular weight is 591 g/mol. The molecule has 1 aliphatic carbocycles. The summed E-state index contributed by atoms with van der Waals surface area (Å²) < 4.78 is 15.5. The van der Waals surface area contributed by atoms with E-state index in [1.54, 1.807) is 20.8 Å². The van der Waals surface area contributed by atoms with Crippen LogP contribution in [0.15, 0.2) is 61.2 Å². The molecule has 0 bridgehead atoms. The summed E-state index contributed by atoms with van der Waals surface area (Å²) in [5.74, 6) is -1.26. The highest BCUT2D eigenvalue weighted by Gasteiger charge is 2.31. The summed E-state index contributed by atoms with van der Waals surface area (Å²) in [5.41, 5.74) is 3.76. The second kappa shape index (κ2) is 11.7. The monoisotopic (exact) mass is 591 g/mol. The highest BCUT2D eigenvalue weighted by atomic mass is 127. The predicted molar refractivity (Wildman–Crippen MR) is 141 cm³/mol. The van der Waals surface area contributed by atoms with Crippen LogP contribution >= 0.6 is 22.6 Å². The van der Waals surface area contributed by atoms with Crippen molar-refractivity contribution in [1.29, 1.82) is 0 Å². The van der Waals surface area contributed by atoms with Gasteiger partial charge in [0.15, 0.2) is 4.11 Å². The zero-order chi connectivity index (χ0) is 25.6. The Morgan fingerprint density at radius 3 is 2.17 bits per heavy atom.